The second kappa shape index (κ2) is 4.51. The number of hydrogen-bond acceptors (Lipinski definition) is 4. The van der Waals surface area contributed by atoms with Gasteiger partial charge in [0.1, 0.15) is 5.82 Å². The van der Waals surface area contributed by atoms with Crippen molar-refractivity contribution in [1.82, 2.24) is 15.0 Å². The number of H-pyrrole nitrogens is 1. The Balaban J connectivity index is 2.14. The summed E-state index contributed by atoms with van der Waals surface area (Å²) in [6.07, 6.45) is 0. The Hall–Kier alpha value is -1.59. The summed E-state index contributed by atoms with van der Waals surface area (Å²) < 4.78 is 0. The van der Waals surface area contributed by atoms with Crippen molar-refractivity contribution in [3.63, 3.8) is 0 Å². The van der Waals surface area contributed by atoms with Crippen molar-refractivity contribution >= 4 is 39.9 Å². The van der Waals surface area contributed by atoms with Gasteiger partial charge in [-0.3, -0.25) is 0 Å². The average molecular weight is 293 g/mol. The summed E-state index contributed by atoms with van der Waals surface area (Å²) in [5.41, 5.74) is 2.70. The van der Waals surface area contributed by atoms with Crippen LogP contribution in [0, 0.1) is 6.92 Å². The number of anilines is 1. The number of rotatable bonds is 2. The third-order valence-electron chi connectivity index (χ3n) is 2.90. The van der Waals surface area contributed by atoms with E-state index in [1.807, 2.05) is 43.4 Å². The third kappa shape index (κ3) is 2.09. The Labute approximate surface area is 120 Å². The lowest BCUT2D eigenvalue weighted by Gasteiger charge is -2.09. The fraction of sp³-hybridized carbons (Fsp3) is 0.231. The van der Waals surface area contributed by atoms with Gasteiger partial charge in [-0.2, -0.15) is 0 Å². The largest absolute Gasteiger partial charge is 0.363 e. The number of aromatic amines is 1. The number of thiophene rings is 1. The van der Waals surface area contributed by atoms with E-state index in [0.29, 0.717) is 5.65 Å². The maximum Gasteiger partial charge on any atom is 0.180 e. The minimum atomic E-state index is 0.711. The monoisotopic (exact) mass is 292 g/mol. The van der Waals surface area contributed by atoms with E-state index < -0.39 is 0 Å². The fourth-order valence-electron chi connectivity index (χ4n) is 1.83. The van der Waals surface area contributed by atoms with Crippen molar-refractivity contribution in [2.45, 2.75) is 6.92 Å². The minimum Gasteiger partial charge on any atom is -0.363 e. The molecule has 0 atom stereocenters. The van der Waals surface area contributed by atoms with Gasteiger partial charge in [0.05, 0.1) is 15.4 Å². The van der Waals surface area contributed by atoms with E-state index in [2.05, 4.69) is 15.0 Å². The van der Waals surface area contributed by atoms with Gasteiger partial charge in [0, 0.05) is 14.1 Å². The first-order valence-electron chi connectivity index (χ1n) is 5.84. The SMILES string of the molecule is Cc1csc(-c2nc3nc(N(C)C)ccc3[nH]2)c1Cl. The molecule has 0 amide bonds. The van der Waals surface area contributed by atoms with Crippen LogP contribution in [0.5, 0.6) is 0 Å². The first-order chi connectivity index (χ1) is 9.06. The molecule has 0 spiro atoms. The van der Waals surface area contributed by atoms with Crippen molar-refractivity contribution in [2.24, 2.45) is 0 Å². The Morgan fingerprint density at radius 2 is 2.05 bits per heavy atom. The fourth-order valence-corrected chi connectivity index (χ4v) is 3.06. The molecule has 0 radical (unpaired) electrons. The lowest BCUT2D eigenvalue weighted by atomic mass is 10.3. The first-order valence-corrected chi connectivity index (χ1v) is 7.10. The maximum atomic E-state index is 6.27. The molecule has 4 nitrogen and oxygen atoms in total. The Morgan fingerprint density at radius 3 is 2.68 bits per heavy atom. The number of nitrogens with zero attached hydrogens (tertiary/aromatic N) is 3. The number of fused-ring (bicyclic) bond motifs is 1. The second-order valence-electron chi connectivity index (χ2n) is 4.58. The van der Waals surface area contributed by atoms with Gasteiger partial charge in [-0.05, 0) is 30.0 Å². The molecule has 0 unspecified atom stereocenters. The number of pyridine rings is 1. The molecule has 0 saturated heterocycles. The zero-order valence-electron chi connectivity index (χ0n) is 10.9. The highest BCUT2D eigenvalue weighted by atomic mass is 35.5. The highest BCUT2D eigenvalue weighted by Gasteiger charge is 2.13. The quantitative estimate of drug-likeness (QED) is 0.783. The van der Waals surface area contributed by atoms with Crippen molar-refractivity contribution in [3.8, 4) is 10.7 Å². The predicted molar refractivity (Wildman–Crippen MR) is 81.3 cm³/mol. The molecule has 0 fully saturated rings. The molecule has 3 heterocycles. The van der Waals surface area contributed by atoms with Crippen LogP contribution in [0.25, 0.3) is 21.9 Å². The topological polar surface area (TPSA) is 44.8 Å². The Morgan fingerprint density at radius 1 is 1.26 bits per heavy atom. The first kappa shape index (κ1) is 12.4. The van der Waals surface area contributed by atoms with Gasteiger partial charge in [0.25, 0.3) is 0 Å². The summed E-state index contributed by atoms with van der Waals surface area (Å²) in [5.74, 6) is 1.67. The van der Waals surface area contributed by atoms with Crippen molar-refractivity contribution in [3.05, 3.63) is 28.1 Å². The lowest BCUT2D eigenvalue weighted by Crippen LogP contribution is -2.10. The molecule has 6 heteroatoms. The van der Waals surface area contributed by atoms with Crippen LogP contribution in [0.2, 0.25) is 5.02 Å². The standard InChI is InChI=1S/C13H13ClN4S/c1-7-6-19-11(10(7)14)13-15-8-4-5-9(18(2)3)16-12(8)17-13/h4-6H,1-3H3,(H,15,16,17). The zero-order chi connectivity index (χ0) is 13.6. The molecule has 3 aromatic rings. The summed E-state index contributed by atoms with van der Waals surface area (Å²) in [5, 5.41) is 2.79. The van der Waals surface area contributed by atoms with Crippen molar-refractivity contribution in [1.29, 1.82) is 0 Å². The summed E-state index contributed by atoms with van der Waals surface area (Å²) in [4.78, 5) is 15.2. The van der Waals surface area contributed by atoms with Crippen LogP contribution in [-0.2, 0) is 0 Å². The van der Waals surface area contributed by atoms with Crippen LogP contribution in [0.1, 0.15) is 5.56 Å². The molecule has 0 aromatic carbocycles. The number of nitrogens with one attached hydrogen (secondary N) is 1. The van der Waals surface area contributed by atoms with E-state index in [4.69, 9.17) is 11.6 Å². The van der Waals surface area contributed by atoms with E-state index in [9.17, 15) is 0 Å². The molecule has 3 aromatic heterocycles. The van der Waals surface area contributed by atoms with Crippen molar-refractivity contribution < 1.29 is 0 Å². The van der Waals surface area contributed by atoms with E-state index in [1.165, 1.54) is 0 Å². The zero-order valence-corrected chi connectivity index (χ0v) is 12.4. The van der Waals surface area contributed by atoms with Crippen LogP contribution in [0.3, 0.4) is 0 Å². The highest BCUT2D eigenvalue weighted by Crippen LogP contribution is 2.35. The Bertz CT molecular complexity index is 744. The van der Waals surface area contributed by atoms with E-state index in [1.54, 1.807) is 11.3 Å². The average Bonchev–Trinajstić information content (AvgIpc) is 2.93. The van der Waals surface area contributed by atoms with E-state index in [-0.39, 0.29) is 0 Å². The molecule has 0 saturated carbocycles. The van der Waals surface area contributed by atoms with Crippen LogP contribution < -0.4 is 4.90 Å². The number of aromatic nitrogens is 3. The summed E-state index contributed by atoms with van der Waals surface area (Å²) in [6.45, 7) is 1.99. The number of hydrogen-bond donors (Lipinski definition) is 1. The van der Waals surface area contributed by atoms with Crippen LogP contribution in [0.4, 0.5) is 5.82 Å². The summed E-state index contributed by atoms with van der Waals surface area (Å²) in [6, 6.07) is 3.95. The molecule has 0 bridgehead atoms. The van der Waals surface area contributed by atoms with E-state index >= 15 is 0 Å². The third-order valence-corrected chi connectivity index (χ3v) is 4.61. The lowest BCUT2D eigenvalue weighted by molar-refractivity contribution is 1.08. The molecule has 0 aliphatic heterocycles. The van der Waals surface area contributed by atoms with Gasteiger partial charge in [-0.25, -0.2) is 9.97 Å². The smallest absolute Gasteiger partial charge is 0.180 e. The molecule has 0 aliphatic rings. The van der Waals surface area contributed by atoms with Gasteiger partial charge in [-0.15, -0.1) is 11.3 Å². The molecule has 98 valence electrons. The van der Waals surface area contributed by atoms with Gasteiger partial charge in [-0.1, -0.05) is 11.6 Å². The number of halogens is 1. The molecule has 0 aliphatic carbocycles. The predicted octanol–water partition coefficient (Wildman–Crippen LogP) is 3.71. The highest BCUT2D eigenvalue weighted by molar-refractivity contribution is 7.14. The molecular weight excluding hydrogens is 280 g/mol. The molecule has 1 N–H and O–H groups in total. The van der Waals surface area contributed by atoms with Crippen LogP contribution >= 0.6 is 22.9 Å². The van der Waals surface area contributed by atoms with Gasteiger partial charge >= 0.3 is 0 Å². The van der Waals surface area contributed by atoms with Gasteiger partial charge in [0.2, 0.25) is 0 Å². The maximum absolute atomic E-state index is 6.27. The van der Waals surface area contributed by atoms with Crippen LogP contribution in [0.15, 0.2) is 17.5 Å². The number of imidazole rings is 1. The van der Waals surface area contributed by atoms with Crippen molar-refractivity contribution in [2.75, 3.05) is 19.0 Å². The molecule has 19 heavy (non-hydrogen) atoms. The molecular formula is C13H13ClN4S. The summed E-state index contributed by atoms with van der Waals surface area (Å²) >= 11 is 7.87. The second-order valence-corrected chi connectivity index (χ2v) is 5.84. The van der Waals surface area contributed by atoms with Gasteiger partial charge in [0.15, 0.2) is 11.5 Å². The number of aryl methyl sites for hydroxylation is 1. The van der Waals surface area contributed by atoms with Gasteiger partial charge < -0.3 is 9.88 Å². The molecule has 3 rings (SSSR count). The minimum absolute atomic E-state index is 0.711. The Kier molecular flexibility index (Phi) is 2.95. The van der Waals surface area contributed by atoms with E-state index in [0.717, 1.165) is 32.6 Å². The summed E-state index contributed by atoms with van der Waals surface area (Å²) in [7, 11) is 3.92. The van der Waals surface area contributed by atoms with Crippen LogP contribution in [-0.4, -0.2) is 29.0 Å². The normalized spacial score (nSPS) is 11.2.